The third-order valence-corrected chi connectivity index (χ3v) is 6.28. The summed E-state index contributed by atoms with van der Waals surface area (Å²) in [4.78, 5) is 13.9. The molecule has 0 aliphatic carbocycles. The lowest BCUT2D eigenvalue weighted by atomic mass is 10.2. The Morgan fingerprint density at radius 2 is 1.96 bits per heavy atom. The topological polar surface area (TPSA) is 90.7 Å². The monoisotopic (exact) mass is 379 g/mol. The van der Waals surface area contributed by atoms with E-state index in [0.717, 1.165) is 0 Å². The van der Waals surface area contributed by atoms with E-state index in [2.05, 4.69) is 0 Å². The van der Waals surface area contributed by atoms with Gasteiger partial charge in [-0.2, -0.15) is 9.57 Å². The lowest BCUT2D eigenvalue weighted by Crippen LogP contribution is -2.56. The normalized spacial score (nSPS) is 19.1. The van der Waals surface area contributed by atoms with Crippen LogP contribution in [0.2, 0.25) is 0 Å². The fraction of sp³-hybridized carbons (Fsp3) is 0.556. The molecular weight excluding hydrogens is 354 g/mol. The zero-order chi connectivity index (χ0) is 19.7. The molecule has 0 unspecified atom stereocenters. The number of carbonyl (C=O) groups is 1. The number of nitrogens with zero attached hydrogens (tertiary/aromatic N) is 3. The second kappa shape index (κ2) is 7.25. The van der Waals surface area contributed by atoms with Crippen molar-refractivity contribution in [2.24, 2.45) is 0 Å². The average Bonchev–Trinajstić information content (AvgIpc) is 2.52. The number of aryl methyl sites for hydroxylation is 1. The summed E-state index contributed by atoms with van der Waals surface area (Å²) in [5.74, 6) is 0. The smallest absolute Gasteiger partial charge is 0.410 e. The van der Waals surface area contributed by atoms with Gasteiger partial charge in [-0.25, -0.2) is 13.2 Å². The first kappa shape index (κ1) is 20.2. The van der Waals surface area contributed by atoms with Gasteiger partial charge >= 0.3 is 6.09 Å². The Morgan fingerprint density at radius 3 is 2.46 bits per heavy atom. The number of amides is 1. The Balaban J connectivity index is 2.18. The summed E-state index contributed by atoms with van der Waals surface area (Å²) in [5, 5.41) is 8.95. The molecular formula is C18H25N3O4S. The summed E-state index contributed by atoms with van der Waals surface area (Å²) in [6.07, 6.45) is -0.434. The van der Waals surface area contributed by atoms with Crippen LogP contribution >= 0.6 is 0 Å². The Hall–Kier alpha value is -2.11. The van der Waals surface area contributed by atoms with Crippen LogP contribution in [0, 0.1) is 18.3 Å². The van der Waals surface area contributed by atoms with Gasteiger partial charge in [-0.15, -0.1) is 0 Å². The largest absolute Gasteiger partial charge is 0.444 e. The lowest BCUT2D eigenvalue weighted by molar-refractivity contribution is 0.0143. The van der Waals surface area contributed by atoms with E-state index < -0.39 is 21.7 Å². The fourth-order valence-corrected chi connectivity index (χ4v) is 4.75. The van der Waals surface area contributed by atoms with Crippen molar-refractivity contribution >= 4 is 16.1 Å². The van der Waals surface area contributed by atoms with Gasteiger partial charge in [0, 0.05) is 25.7 Å². The van der Waals surface area contributed by atoms with Crippen molar-refractivity contribution < 1.29 is 17.9 Å². The molecule has 0 radical (unpaired) electrons. The predicted molar refractivity (Wildman–Crippen MR) is 97.1 cm³/mol. The van der Waals surface area contributed by atoms with Gasteiger partial charge < -0.3 is 9.64 Å². The molecule has 2 rings (SSSR count). The highest BCUT2D eigenvalue weighted by Crippen LogP contribution is 2.25. The molecule has 142 valence electrons. The molecule has 0 saturated carbocycles. The van der Waals surface area contributed by atoms with Crippen LogP contribution in [0.15, 0.2) is 23.1 Å². The number of rotatable bonds is 2. The first-order valence-corrected chi connectivity index (χ1v) is 9.90. The predicted octanol–water partition coefficient (Wildman–Crippen LogP) is 2.50. The van der Waals surface area contributed by atoms with E-state index in [-0.39, 0.29) is 30.6 Å². The number of carbonyl (C=O) groups excluding carboxylic acids is 1. The van der Waals surface area contributed by atoms with Crippen molar-refractivity contribution in [3.63, 3.8) is 0 Å². The molecule has 1 fully saturated rings. The zero-order valence-corrected chi connectivity index (χ0v) is 16.6. The van der Waals surface area contributed by atoms with Crippen LogP contribution in [-0.2, 0) is 14.8 Å². The molecule has 0 N–H and O–H groups in total. The molecule has 1 saturated heterocycles. The number of hydrogen-bond donors (Lipinski definition) is 0. The first-order valence-electron chi connectivity index (χ1n) is 8.46. The van der Waals surface area contributed by atoms with Crippen LogP contribution in [0.25, 0.3) is 0 Å². The van der Waals surface area contributed by atoms with E-state index in [0.29, 0.717) is 11.1 Å². The van der Waals surface area contributed by atoms with Crippen molar-refractivity contribution in [1.29, 1.82) is 5.26 Å². The third-order valence-electron chi connectivity index (χ3n) is 4.11. The molecule has 1 heterocycles. The van der Waals surface area contributed by atoms with Crippen LogP contribution in [0.4, 0.5) is 4.79 Å². The summed E-state index contributed by atoms with van der Waals surface area (Å²) >= 11 is 0. The number of hydrogen-bond acceptors (Lipinski definition) is 5. The van der Waals surface area contributed by atoms with Gasteiger partial charge in [-0.1, -0.05) is 0 Å². The van der Waals surface area contributed by atoms with Crippen molar-refractivity contribution in [3.05, 3.63) is 29.3 Å². The lowest BCUT2D eigenvalue weighted by Gasteiger charge is -2.39. The van der Waals surface area contributed by atoms with E-state index in [4.69, 9.17) is 10.00 Å². The second-order valence-electron chi connectivity index (χ2n) is 7.48. The van der Waals surface area contributed by atoms with Gasteiger partial charge in [-0.05, 0) is 58.4 Å². The molecule has 8 heteroatoms. The van der Waals surface area contributed by atoms with Crippen LogP contribution < -0.4 is 0 Å². The van der Waals surface area contributed by atoms with Crippen LogP contribution in [0.3, 0.4) is 0 Å². The number of benzene rings is 1. The van der Waals surface area contributed by atoms with Gasteiger partial charge in [0.15, 0.2) is 0 Å². The standard InChI is InChI=1S/C18H25N3O4S/c1-13-10-15(11-19)6-7-16(13)26(23,24)21-9-8-20(12-14(21)2)17(22)25-18(3,4)5/h6-7,10,14H,8-9,12H2,1-5H3/t14-/m0/s1. The van der Waals surface area contributed by atoms with Crippen LogP contribution in [0.1, 0.15) is 38.8 Å². The van der Waals surface area contributed by atoms with Crippen molar-refractivity contribution in [3.8, 4) is 6.07 Å². The first-order chi connectivity index (χ1) is 12.0. The molecule has 1 aliphatic heterocycles. The summed E-state index contributed by atoms with van der Waals surface area (Å²) in [7, 11) is -3.71. The Kier molecular flexibility index (Phi) is 5.64. The number of sulfonamides is 1. The van der Waals surface area contributed by atoms with E-state index in [1.807, 2.05) is 6.07 Å². The quantitative estimate of drug-likeness (QED) is 0.787. The molecule has 1 aromatic carbocycles. The molecule has 0 spiro atoms. The summed E-state index contributed by atoms with van der Waals surface area (Å²) < 4.78 is 32.8. The molecule has 1 atom stereocenters. The highest BCUT2D eigenvalue weighted by atomic mass is 32.2. The Bertz CT molecular complexity index is 837. The van der Waals surface area contributed by atoms with Gasteiger partial charge in [0.1, 0.15) is 5.60 Å². The minimum Gasteiger partial charge on any atom is -0.444 e. The number of ether oxygens (including phenoxy) is 1. The van der Waals surface area contributed by atoms with Gasteiger partial charge in [0.25, 0.3) is 0 Å². The minimum atomic E-state index is -3.71. The number of nitriles is 1. The molecule has 1 aliphatic rings. The van der Waals surface area contributed by atoms with E-state index in [1.54, 1.807) is 40.7 Å². The SMILES string of the molecule is Cc1cc(C#N)ccc1S(=O)(=O)N1CCN(C(=O)OC(C)(C)C)C[C@@H]1C. The van der Waals surface area contributed by atoms with Gasteiger partial charge in [0.2, 0.25) is 10.0 Å². The molecule has 7 nitrogen and oxygen atoms in total. The van der Waals surface area contributed by atoms with E-state index in [9.17, 15) is 13.2 Å². The average molecular weight is 379 g/mol. The van der Waals surface area contributed by atoms with Gasteiger partial charge in [0.05, 0.1) is 16.5 Å². The number of piperazine rings is 1. The van der Waals surface area contributed by atoms with E-state index >= 15 is 0 Å². The van der Waals surface area contributed by atoms with Gasteiger partial charge in [-0.3, -0.25) is 0 Å². The third kappa shape index (κ3) is 4.34. The highest BCUT2D eigenvalue weighted by Gasteiger charge is 2.37. The van der Waals surface area contributed by atoms with Crippen LogP contribution in [-0.4, -0.2) is 55.0 Å². The molecule has 1 aromatic rings. The summed E-state index contributed by atoms with van der Waals surface area (Å²) in [5.41, 5.74) is 0.360. The summed E-state index contributed by atoms with van der Waals surface area (Å²) in [6.45, 7) is 9.57. The maximum atomic E-state index is 13.0. The maximum Gasteiger partial charge on any atom is 0.410 e. The Labute approximate surface area is 155 Å². The molecule has 0 aromatic heterocycles. The van der Waals surface area contributed by atoms with Crippen molar-refractivity contribution in [2.75, 3.05) is 19.6 Å². The van der Waals surface area contributed by atoms with Crippen molar-refractivity contribution in [1.82, 2.24) is 9.21 Å². The summed E-state index contributed by atoms with van der Waals surface area (Å²) in [6, 6.07) is 6.16. The second-order valence-corrected chi connectivity index (χ2v) is 9.34. The molecule has 0 bridgehead atoms. The molecule has 1 amide bonds. The zero-order valence-electron chi connectivity index (χ0n) is 15.8. The minimum absolute atomic E-state index is 0.189. The van der Waals surface area contributed by atoms with Crippen molar-refractivity contribution in [2.45, 2.75) is 51.2 Å². The fourth-order valence-electron chi connectivity index (χ4n) is 2.93. The molecule has 26 heavy (non-hydrogen) atoms. The Morgan fingerprint density at radius 1 is 1.31 bits per heavy atom. The van der Waals surface area contributed by atoms with E-state index in [1.165, 1.54) is 21.3 Å². The maximum absolute atomic E-state index is 13.0. The van der Waals surface area contributed by atoms with Crippen LogP contribution in [0.5, 0.6) is 0 Å². The highest BCUT2D eigenvalue weighted by molar-refractivity contribution is 7.89.